The standard InChI is InChI=1S/C59H110O5/c1-4-7-10-13-16-19-22-25-28-30-32-35-38-41-44-47-50-53-59(61)64-56-57(62-54-51-48-45-42-39-36-33-29-26-23-20-17-14-11-8-5-2)55-63-58(60)52-49-46-43-40-37-34-31-27-24-21-18-15-12-9-6-3/h25,28,32,35,41,44,57H,4-24,26-27,29-31,33-34,36-40,42-43,45-56H2,1-3H3/b28-25-,35-32-,44-41-/t57-/m0/s1. The molecule has 0 bridgehead atoms. The van der Waals surface area contributed by atoms with Crippen LogP contribution in [-0.2, 0) is 23.8 Å². The lowest BCUT2D eigenvalue weighted by molar-refractivity contribution is -0.155. The highest BCUT2D eigenvalue weighted by Crippen LogP contribution is 2.16. The number of hydrogen-bond donors (Lipinski definition) is 0. The van der Waals surface area contributed by atoms with Gasteiger partial charge in [0.1, 0.15) is 19.3 Å². The minimum Gasteiger partial charge on any atom is -0.463 e. The zero-order valence-corrected chi connectivity index (χ0v) is 43.3. The fourth-order valence-corrected chi connectivity index (χ4v) is 8.39. The predicted molar refractivity (Wildman–Crippen MR) is 279 cm³/mol. The molecule has 0 aliphatic carbocycles. The number of allylic oxidation sites excluding steroid dienone is 6. The molecule has 0 aliphatic rings. The van der Waals surface area contributed by atoms with Gasteiger partial charge in [-0.05, 0) is 51.4 Å². The zero-order valence-electron chi connectivity index (χ0n) is 43.3. The zero-order chi connectivity index (χ0) is 46.3. The van der Waals surface area contributed by atoms with Crippen LogP contribution in [0, 0.1) is 0 Å². The van der Waals surface area contributed by atoms with Gasteiger partial charge in [-0.15, -0.1) is 0 Å². The molecular weight excluding hydrogens is 789 g/mol. The van der Waals surface area contributed by atoms with Crippen molar-refractivity contribution in [2.75, 3.05) is 19.8 Å². The van der Waals surface area contributed by atoms with Crippen LogP contribution in [0.15, 0.2) is 36.5 Å². The average Bonchev–Trinajstić information content (AvgIpc) is 3.30. The molecular formula is C59H110O5. The van der Waals surface area contributed by atoms with E-state index in [0.717, 1.165) is 51.4 Å². The van der Waals surface area contributed by atoms with Gasteiger partial charge >= 0.3 is 11.9 Å². The number of carbonyl (C=O) groups is 2. The summed E-state index contributed by atoms with van der Waals surface area (Å²) in [5.74, 6) is -0.375. The third-order valence-electron chi connectivity index (χ3n) is 12.7. The monoisotopic (exact) mass is 899 g/mol. The highest BCUT2D eigenvalue weighted by molar-refractivity contribution is 5.69. The molecule has 0 radical (unpaired) electrons. The minimum absolute atomic E-state index is 0.137. The van der Waals surface area contributed by atoms with Crippen molar-refractivity contribution in [1.29, 1.82) is 0 Å². The summed E-state index contributed by atoms with van der Waals surface area (Å²) in [5, 5.41) is 0. The quantitative estimate of drug-likeness (QED) is 0.0346. The Bertz CT molecular complexity index is 1020. The maximum absolute atomic E-state index is 12.6. The van der Waals surface area contributed by atoms with Crippen LogP contribution in [0.4, 0.5) is 0 Å². The molecule has 1 atom stereocenters. The van der Waals surface area contributed by atoms with Crippen molar-refractivity contribution < 1.29 is 23.8 Å². The third-order valence-corrected chi connectivity index (χ3v) is 12.7. The summed E-state index contributed by atoms with van der Waals surface area (Å²) in [4.78, 5) is 25.3. The minimum atomic E-state index is -0.414. The largest absolute Gasteiger partial charge is 0.463 e. The van der Waals surface area contributed by atoms with Crippen LogP contribution in [0.3, 0.4) is 0 Å². The van der Waals surface area contributed by atoms with E-state index in [4.69, 9.17) is 14.2 Å². The Kier molecular flexibility index (Phi) is 53.8. The summed E-state index contributed by atoms with van der Waals surface area (Å²) < 4.78 is 17.5. The van der Waals surface area contributed by atoms with E-state index in [1.165, 1.54) is 218 Å². The molecule has 0 unspecified atom stereocenters. The lowest BCUT2D eigenvalue weighted by atomic mass is 10.0. The van der Waals surface area contributed by atoms with Gasteiger partial charge in [0.15, 0.2) is 0 Å². The SMILES string of the molecule is CCCCCCCC/C=C\C/C=C\C/C=C\CCCC(=O)OC[C@H](COC(=O)CCCCCCCCCCCCCCCCC)OCCCCCCCCCCCCCCCCCC. The average molecular weight is 900 g/mol. The van der Waals surface area contributed by atoms with Crippen molar-refractivity contribution in [3.8, 4) is 0 Å². The van der Waals surface area contributed by atoms with Crippen LogP contribution in [0.5, 0.6) is 0 Å². The summed E-state index contributed by atoms with van der Waals surface area (Å²) in [5.41, 5.74) is 0. The van der Waals surface area contributed by atoms with Crippen molar-refractivity contribution in [3.63, 3.8) is 0 Å². The second kappa shape index (κ2) is 55.4. The summed E-state index contributed by atoms with van der Waals surface area (Å²) in [7, 11) is 0. The van der Waals surface area contributed by atoms with E-state index in [-0.39, 0.29) is 25.2 Å². The summed E-state index contributed by atoms with van der Waals surface area (Å²) in [6.07, 6.45) is 67.6. The van der Waals surface area contributed by atoms with E-state index in [0.29, 0.717) is 19.4 Å². The van der Waals surface area contributed by atoms with Gasteiger partial charge < -0.3 is 14.2 Å². The van der Waals surface area contributed by atoms with Gasteiger partial charge in [0.25, 0.3) is 0 Å². The molecule has 5 nitrogen and oxygen atoms in total. The molecule has 0 aromatic heterocycles. The molecule has 376 valence electrons. The molecule has 0 aliphatic heterocycles. The van der Waals surface area contributed by atoms with E-state index >= 15 is 0 Å². The number of ether oxygens (including phenoxy) is 3. The van der Waals surface area contributed by atoms with Crippen LogP contribution in [-0.4, -0.2) is 37.9 Å². The molecule has 0 aromatic rings. The molecule has 0 heterocycles. The van der Waals surface area contributed by atoms with Crippen LogP contribution in [0.2, 0.25) is 0 Å². The Balaban J connectivity index is 4.29. The van der Waals surface area contributed by atoms with Gasteiger partial charge in [-0.25, -0.2) is 0 Å². The molecule has 5 heteroatoms. The molecule has 0 amide bonds. The van der Waals surface area contributed by atoms with E-state index in [2.05, 4.69) is 57.2 Å². The maximum atomic E-state index is 12.6. The van der Waals surface area contributed by atoms with Crippen molar-refractivity contribution in [3.05, 3.63) is 36.5 Å². The smallest absolute Gasteiger partial charge is 0.305 e. The second-order valence-electron chi connectivity index (χ2n) is 19.2. The maximum Gasteiger partial charge on any atom is 0.305 e. The third kappa shape index (κ3) is 52.7. The first kappa shape index (κ1) is 62.1. The Labute approximate surface area is 400 Å². The first-order valence-corrected chi connectivity index (χ1v) is 28.5. The van der Waals surface area contributed by atoms with Crippen molar-refractivity contribution in [1.82, 2.24) is 0 Å². The number of rotatable bonds is 53. The molecule has 64 heavy (non-hydrogen) atoms. The Morgan fingerprint density at radius 2 is 0.609 bits per heavy atom. The number of hydrogen-bond acceptors (Lipinski definition) is 5. The topological polar surface area (TPSA) is 61.8 Å². The lowest BCUT2D eigenvalue weighted by Gasteiger charge is -2.18. The molecule has 0 spiro atoms. The normalized spacial score (nSPS) is 12.4. The summed E-state index contributed by atoms with van der Waals surface area (Å²) >= 11 is 0. The highest BCUT2D eigenvalue weighted by atomic mass is 16.6. The lowest BCUT2D eigenvalue weighted by Crippen LogP contribution is -2.29. The number of unbranched alkanes of at least 4 members (excludes halogenated alkanes) is 36. The van der Waals surface area contributed by atoms with Crippen LogP contribution >= 0.6 is 0 Å². The van der Waals surface area contributed by atoms with E-state index < -0.39 is 6.10 Å². The van der Waals surface area contributed by atoms with Crippen LogP contribution < -0.4 is 0 Å². The molecule has 0 saturated carbocycles. The molecule has 0 aromatic carbocycles. The molecule has 0 rings (SSSR count). The predicted octanol–water partition coefficient (Wildman–Crippen LogP) is 19.4. The Hall–Kier alpha value is -1.88. The van der Waals surface area contributed by atoms with Crippen molar-refractivity contribution >= 4 is 11.9 Å². The van der Waals surface area contributed by atoms with Crippen LogP contribution in [0.25, 0.3) is 0 Å². The van der Waals surface area contributed by atoms with E-state index in [1.54, 1.807) is 0 Å². The molecule has 0 saturated heterocycles. The number of esters is 2. The molecule has 0 fully saturated rings. The van der Waals surface area contributed by atoms with E-state index in [9.17, 15) is 9.59 Å². The van der Waals surface area contributed by atoms with Gasteiger partial charge in [-0.2, -0.15) is 0 Å². The molecule has 0 N–H and O–H groups in total. The highest BCUT2D eigenvalue weighted by Gasteiger charge is 2.16. The fraction of sp³-hybridized carbons (Fsp3) is 0.864. The first-order chi connectivity index (χ1) is 31.6. The first-order valence-electron chi connectivity index (χ1n) is 28.5. The van der Waals surface area contributed by atoms with Gasteiger partial charge in [0.2, 0.25) is 0 Å². The second-order valence-corrected chi connectivity index (χ2v) is 19.2. The Morgan fingerprint density at radius 1 is 0.328 bits per heavy atom. The van der Waals surface area contributed by atoms with Crippen molar-refractivity contribution in [2.45, 2.75) is 309 Å². The van der Waals surface area contributed by atoms with Gasteiger partial charge in [-0.1, -0.05) is 276 Å². The van der Waals surface area contributed by atoms with Gasteiger partial charge in [0.05, 0.1) is 0 Å². The fourth-order valence-electron chi connectivity index (χ4n) is 8.39. The van der Waals surface area contributed by atoms with Crippen LogP contribution in [0.1, 0.15) is 303 Å². The van der Waals surface area contributed by atoms with E-state index in [1.807, 2.05) is 0 Å². The van der Waals surface area contributed by atoms with Crippen molar-refractivity contribution in [2.24, 2.45) is 0 Å². The summed E-state index contributed by atoms with van der Waals surface area (Å²) in [6, 6.07) is 0. The number of carbonyl (C=O) groups excluding carboxylic acids is 2. The van der Waals surface area contributed by atoms with Gasteiger partial charge in [0, 0.05) is 19.4 Å². The van der Waals surface area contributed by atoms with Gasteiger partial charge in [-0.3, -0.25) is 9.59 Å². The summed E-state index contributed by atoms with van der Waals surface area (Å²) in [6.45, 7) is 7.73. The Morgan fingerprint density at radius 3 is 0.984 bits per heavy atom.